The molecule has 0 fully saturated rings. The molecular weight excluding hydrogens is 256 g/mol. The number of hydrogen-bond donors (Lipinski definition) is 2. The molecule has 0 saturated heterocycles. The highest BCUT2D eigenvalue weighted by molar-refractivity contribution is 5.99. The van der Waals surface area contributed by atoms with E-state index in [4.69, 9.17) is 4.74 Å². The van der Waals surface area contributed by atoms with Crippen molar-refractivity contribution in [1.29, 1.82) is 0 Å². The Bertz CT molecular complexity index is 516. The molecule has 5 heteroatoms. The van der Waals surface area contributed by atoms with Crippen molar-refractivity contribution >= 4 is 17.7 Å². The molecule has 0 heterocycles. The Labute approximate surface area is 119 Å². The number of rotatable bonds is 3. The smallest absolute Gasteiger partial charge is 0.410 e. The van der Waals surface area contributed by atoms with Gasteiger partial charge in [-0.05, 0) is 45.9 Å². The summed E-state index contributed by atoms with van der Waals surface area (Å²) in [6.07, 6.45) is 2.53. The maximum Gasteiger partial charge on any atom is 0.413 e. The molecule has 1 rings (SSSR count). The van der Waals surface area contributed by atoms with Gasteiger partial charge in [-0.15, -0.1) is 0 Å². The number of ether oxygens (including phenoxy) is 1. The zero-order chi connectivity index (χ0) is 15.2. The number of carbonyl (C=O) groups is 2. The van der Waals surface area contributed by atoms with E-state index < -0.39 is 6.09 Å². The van der Waals surface area contributed by atoms with Crippen LogP contribution in [0.3, 0.4) is 0 Å². The van der Waals surface area contributed by atoms with E-state index in [1.54, 1.807) is 37.3 Å². The van der Waals surface area contributed by atoms with Gasteiger partial charge in [-0.1, -0.05) is 12.1 Å². The predicted octanol–water partition coefficient (Wildman–Crippen LogP) is 3.09. The Morgan fingerprint density at radius 1 is 1.25 bits per heavy atom. The summed E-state index contributed by atoms with van der Waals surface area (Å²) in [4.78, 5) is 23.0. The van der Waals surface area contributed by atoms with Gasteiger partial charge in [0.2, 0.25) is 5.91 Å². The van der Waals surface area contributed by atoms with E-state index >= 15 is 0 Å². The number of amides is 2. The second-order valence-electron chi connectivity index (χ2n) is 5.28. The maximum atomic E-state index is 11.6. The third kappa shape index (κ3) is 6.04. The van der Waals surface area contributed by atoms with E-state index in [9.17, 15) is 9.59 Å². The van der Waals surface area contributed by atoms with Gasteiger partial charge < -0.3 is 15.4 Å². The van der Waals surface area contributed by atoms with E-state index in [1.807, 2.05) is 20.8 Å². The standard InChI is InChI=1S/C15H20N2O3/c1-5-7-13(18)16-11-8-6-9-12(10-11)20-14(19)17-15(2,3)4/h5-10H,1-4H3,(H,16,18)(H,17,19). The van der Waals surface area contributed by atoms with Gasteiger partial charge in [0.15, 0.2) is 0 Å². The minimum Gasteiger partial charge on any atom is -0.410 e. The molecule has 2 N–H and O–H groups in total. The molecule has 0 aromatic heterocycles. The quantitative estimate of drug-likeness (QED) is 0.834. The van der Waals surface area contributed by atoms with Crippen molar-refractivity contribution in [3.05, 3.63) is 36.4 Å². The van der Waals surface area contributed by atoms with Gasteiger partial charge in [-0.25, -0.2) is 4.79 Å². The average Bonchev–Trinajstić information content (AvgIpc) is 2.26. The Morgan fingerprint density at radius 2 is 1.95 bits per heavy atom. The van der Waals surface area contributed by atoms with E-state index in [2.05, 4.69) is 10.6 Å². The first-order valence-corrected chi connectivity index (χ1v) is 6.34. The monoisotopic (exact) mass is 276 g/mol. The van der Waals surface area contributed by atoms with Gasteiger partial charge in [0.1, 0.15) is 5.75 Å². The van der Waals surface area contributed by atoms with Crippen molar-refractivity contribution in [1.82, 2.24) is 5.32 Å². The fourth-order valence-electron chi connectivity index (χ4n) is 1.41. The van der Waals surface area contributed by atoms with Crippen LogP contribution in [0.15, 0.2) is 36.4 Å². The van der Waals surface area contributed by atoms with Crippen molar-refractivity contribution in [2.75, 3.05) is 5.32 Å². The first-order chi connectivity index (χ1) is 9.30. The van der Waals surface area contributed by atoms with E-state index in [1.165, 1.54) is 6.08 Å². The fourth-order valence-corrected chi connectivity index (χ4v) is 1.41. The van der Waals surface area contributed by atoms with Crippen molar-refractivity contribution in [2.24, 2.45) is 0 Å². The predicted molar refractivity (Wildman–Crippen MR) is 78.8 cm³/mol. The molecular formula is C15H20N2O3. The minimum atomic E-state index is -0.533. The second-order valence-corrected chi connectivity index (χ2v) is 5.28. The molecule has 2 amide bonds. The van der Waals surface area contributed by atoms with Crippen LogP contribution in [0.1, 0.15) is 27.7 Å². The number of hydrogen-bond acceptors (Lipinski definition) is 3. The van der Waals surface area contributed by atoms with Crippen molar-refractivity contribution in [2.45, 2.75) is 33.2 Å². The lowest BCUT2D eigenvalue weighted by molar-refractivity contribution is -0.111. The Morgan fingerprint density at radius 3 is 2.55 bits per heavy atom. The summed E-state index contributed by atoms with van der Waals surface area (Å²) in [5.74, 6) is 0.133. The Balaban J connectivity index is 2.69. The lowest BCUT2D eigenvalue weighted by Gasteiger charge is -2.19. The van der Waals surface area contributed by atoms with Crippen LogP contribution in [0, 0.1) is 0 Å². The van der Waals surface area contributed by atoms with Gasteiger partial charge in [-0.3, -0.25) is 4.79 Å². The third-order valence-corrected chi connectivity index (χ3v) is 2.11. The van der Waals surface area contributed by atoms with Gasteiger partial charge in [0, 0.05) is 17.3 Å². The van der Waals surface area contributed by atoms with Crippen LogP contribution in [0.2, 0.25) is 0 Å². The topological polar surface area (TPSA) is 67.4 Å². The largest absolute Gasteiger partial charge is 0.413 e. The van der Waals surface area contributed by atoms with Crippen LogP contribution in [0.25, 0.3) is 0 Å². The van der Waals surface area contributed by atoms with Crippen LogP contribution >= 0.6 is 0 Å². The summed E-state index contributed by atoms with van der Waals surface area (Å²) in [5, 5.41) is 5.36. The summed E-state index contributed by atoms with van der Waals surface area (Å²) in [6, 6.07) is 6.65. The molecule has 0 spiro atoms. The van der Waals surface area contributed by atoms with E-state index in [0.29, 0.717) is 11.4 Å². The number of allylic oxidation sites excluding steroid dienone is 1. The van der Waals surface area contributed by atoms with E-state index in [-0.39, 0.29) is 11.4 Å². The number of carbonyl (C=O) groups excluding carboxylic acids is 2. The second kappa shape index (κ2) is 6.75. The molecule has 0 aliphatic carbocycles. The molecule has 0 unspecified atom stereocenters. The van der Waals surface area contributed by atoms with Gasteiger partial charge in [0.05, 0.1) is 0 Å². The third-order valence-electron chi connectivity index (χ3n) is 2.11. The van der Waals surface area contributed by atoms with Crippen LogP contribution in [0.4, 0.5) is 10.5 Å². The molecule has 1 aromatic rings. The fraction of sp³-hybridized carbons (Fsp3) is 0.333. The SMILES string of the molecule is CC=CC(=O)Nc1cccc(OC(=O)NC(C)(C)C)c1. The Hall–Kier alpha value is -2.30. The molecule has 0 atom stereocenters. The zero-order valence-electron chi connectivity index (χ0n) is 12.2. The molecule has 108 valence electrons. The first-order valence-electron chi connectivity index (χ1n) is 6.34. The molecule has 0 aliphatic heterocycles. The molecule has 0 bridgehead atoms. The van der Waals surface area contributed by atoms with Gasteiger partial charge >= 0.3 is 6.09 Å². The molecule has 0 aliphatic rings. The highest BCUT2D eigenvalue weighted by Crippen LogP contribution is 2.17. The highest BCUT2D eigenvalue weighted by Gasteiger charge is 2.15. The molecule has 1 aromatic carbocycles. The molecule has 0 saturated carbocycles. The van der Waals surface area contributed by atoms with Gasteiger partial charge in [-0.2, -0.15) is 0 Å². The summed E-state index contributed by atoms with van der Waals surface area (Å²) in [5.41, 5.74) is 0.198. The van der Waals surface area contributed by atoms with Crippen LogP contribution < -0.4 is 15.4 Å². The minimum absolute atomic E-state index is 0.233. The van der Waals surface area contributed by atoms with Crippen molar-refractivity contribution in [3.63, 3.8) is 0 Å². The van der Waals surface area contributed by atoms with Crippen LogP contribution in [-0.4, -0.2) is 17.5 Å². The molecule has 5 nitrogen and oxygen atoms in total. The van der Waals surface area contributed by atoms with Crippen LogP contribution in [0.5, 0.6) is 5.75 Å². The lowest BCUT2D eigenvalue weighted by Crippen LogP contribution is -2.42. The number of nitrogens with one attached hydrogen (secondary N) is 2. The summed E-state index contributed by atoms with van der Waals surface area (Å²) >= 11 is 0. The Kier molecular flexibility index (Phi) is 5.32. The van der Waals surface area contributed by atoms with Crippen molar-refractivity contribution < 1.29 is 14.3 Å². The zero-order valence-corrected chi connectivity index (χ0v) is 12.2. The van der Waals surface area contributed by atoms with E-state index in [0.717, 1.165) is 0 Å². The summed E-state index contributed by atoms with van der Waals surface area (Å²) in [7, 11) is 0. The van der Waals surface area contributed by atoms with Crippen molar-refractivity contribution in [3.8, 4) is 5.75 Å². The maximum absolute atomic E-state index is 11.6. The number of anilines is 1. The lowest BCUT2D eigenvalue weighted by atomic mass is 10.1. The molecule has 20 heavy (non-hydrogen) atoms. The first kappa shape index (κ1) is 15.8. The highest BCUT2D eigenvalue weighted by atomic mass is 16.6. The number of benzene rings is 1. The summed E-state index contributed by atoms with van der Waals surface area (Å²) in [6.45, 7) is 7.35. The van der Waals surface area contributed by atoms with Crippen LogP contribution in [-0.2, 0) is 4.79 Å². The normalized spacial score (nSPS) is 11.2. The summed E-state index contributed by atoms with van der Waals surface area (Å²) < 4.78 is 5.15. The van der Waals surface area contributed by atoms with Gasteiger partial charge in [0.25, 0.3) is 0 Å². The average molecular weight is 276 g/mol. The molecule has 0 radical (unpaired) electrons.